The quantitative estimate of drug-likeness (QED) is 0.878. The lowest BCUT2D eigenvalue weighted by atomic mass is 10.2. The van der Waals surface area contributed by atoms with Crippen molar-refractivity contribution in [1.82, 2.24) is 5.32 Å². The lowest BCUT2D eigenvalue weighted by molar-refractivity contribution is 0.666. The van der Waals surface area contributed by atoms with Crippen LogP contribution >= 0.6 is 23.1 Å². The van der Waals surface area contributed by atoms with Gasteiger partial charge in [-0.2, -0.15) is 11.8 Å². The summed E-state index contributed by atoms with van der Waals surface area (Å²) in [6.45, 7) is 2.16. The molecule has 90 valence electrons. The molecule has 0 spiro atoms. The van der Waals surface area contributed by atoms with Crippen LogP contribution in [0, 0.1) is 0 Å². The third-order valence-corrected chi connectivity index (χ3v) is 6.00. The summed E-state index contributed by atoms with van der Waals surface area (Å²) in [5.41, 5.74) is 1.45. The first-order valence-electron chi connectivity index (χ1n) is 6.04. The highest BCUT2D eigenvalue weighted by Gasteiger charge is 2.41. The molecule has 1 aromatic carbocycles. The number of thioether (sulfide) groups is 1. The molecule has 0 atom stereocenters. The average molecular weight is 263 g/mol. The summed E-state index contributed by atoms with van der Waals surface area (Å²) < 4.78 is 1.96. The van der Waals surface area contributed by atoms with Crippen molar-refractivity contribution < 1.29 is 0 Å². The van der Waals surface area contributed by atoms with Gasteiger partial charge in [-0.15, -0.1) is 11.3 Å². The van der Waals surface area contributed by atoms with E-state index < -0.39 is 0 Å². The van der Waals surface area contributed by atoms with Crippen LogP contribution in [0.3, 0.4) is 0 Å². The molecule has 1 aliphatic carbocycles. The minimum Gasteiger partial charge on any atom is -0.311 e. The van der Waals surface area contributed by atoms with Gasteiger partial charge in [-0.3, -0.25) is 0 Å². The average Bonchev–Trinajstić information content (AvgIpc) is 3.04. The molecule has 1 aromatic heterocycles. The Morgan fingerprint density at radius 3 is 2.94 bits per heavy atom. The van der Waals surface area contributed by atoms with Gasteiger partial charge < -0.3 is 5.32 Å². The smallest absolute Gasteiger partial charge is 0.0346 e. The van der Waals surface area contributed by atoms with Crippen molar-refractivity contribution in [1.29, 1.82) is 0 Å². The van der Waals surface area contributed by atoms with Gasteiger partial charge in [0.05, 0.1) is 0 Å². The fraction of sp³-hybridized carbons (Fsp3) is 0.429. The zero-order valence-corrected chi connectivity index (χ0v) is 11.7. The monoisotopic (exact) mass is 263 g/mol. The first-order valence-corrected chi connectivity index (χ1v) is 8.14. The van der Waals surface area contributed by atoms with Crippen LogP contribution in [0.2, 0.25) is 0 Å². The van der Waals surface area contributed by atoms with E-state index in [2.05, 4.69) is 41.2 Å². The molecule has 0 aliphatic heterocycles. The minimum absolute atomic E-state index is 0.561. The van der Waals surface area contributed by atoms with E-state index in [1.165, 1.54) is 28.5 Å². The number of rotatable bonds is 5. The summed E-state index contributed by atoms with van der Waals surface area (Å²) in [6.07, 6.45) is 4.99. The van der Waals surface area contributed by atoms with Gasteiger partial charge in [0.1, 0.15) is 0 Å². The summed E-state index contributed by atoms with van der Waals surface area (Å²) in [6, 6.07) is 8.67. The minimum atomic E-state index is 0.561. The molecular formula is C14H17NS2. The summed E-state index contributed by atoms with van der Waals surface area (Å²) in [5, 5.41) is 7.32. The predicted octanol–water partition coefficient (Wildman–Crippen LogP) is 3.89. The second-order valence-corrected chi connectivity index (χ2v) is 6.93. The molecule has 3 rings (SSSR count). The van der Waals surface area contributed by atoms with Crippen molar-refractivity contribution in [3.8, 4) is 0 Å². The highest BCUT2D eigenvalue weighted by atomic mass is 32.2. The van der Waals surface area contributed by atoms with Gasteiger partial charge in [-0.25, -0.2) is 0 Å². The van der Waals surface area contributed by atoms with Gasteiger partial charge in [0.15, 0.2) is 0 Å². The second-order valence-electron chi connectivity index (χ2n) is 4.75. The Morgan fingerprint density at radius 2 is 2.18 bits per heavy atom. The molecule has 0 bridgehead atoms. The maximum atomic E-state index is 3.62. The fourth-order valence-electron chi connectivity index (χ4n) is 2.19. The summed E-state index contributed by atoms with van der Waals surface area (Å²) in [7, 11) is 0. The Labute approximate surface area is 111 Å². The van der Waals surface area contributed by atoms with Crippen LogP contribution in [0.4, 0.5) is 0 Å². The van der Waals surface area contributed by atoms with Gasteiger partial charge in [-0.05, 0) is 41.5 Å². The summed E-state index contributed by atoms with van der Waals surface area (Å²) in [4.78, 5) is 0. The van der Waals surface area contributed by atoms with Crippen LogP contribution in [0.1, 0.15) is 18.4 Å². The van der Waals surface area contributed by atoms with Crippen molar-refractivity contribution in [2.24, 2.45) is 0 Å². The van der Waals surface area contributed by atoms with Crippen LogP contribution in [0.5, 0.6) is 0 Å². The zero-order valence-electron chi connectivity index (χ0n) is 10.0. The molecule has 1 heterocycles. The van der Waals surface area contributed by atoms with E-state index in [-0.39, 0.29) is 0 Å². The molecule has 0 radical (unpaired) electrons. The van der Waals surface area contributed by atoms with E-state index in [9.17, 15) is 0 Å². The molecule has 0 saturated heterocycles. The Bertz CT molecular complexity index is 514. The Morgan fingerprint density at radius 1 is 1.35 bits per heavy atom. The zero-order chi connectivity index (χ0) is 11.7. The first kappa shape index (κ1) is 11.6. The topological polar surface area (TPSA) is 12.0 Å². The molecule has 1 N–H and O–H groups in total. The molecule has 3 heteroatoms. The van der Waals surface area contributed by atoms with Gasteiger partial charge in [-0.1, -0.05) is 18.2 Å². The van der Waals surface area contributed by atoms with Crippen LogP contribution in [0.25, 0.3) is 10.1 Å². The van der Waals surface area contributed by atoms with Crippen molar-refractivity contribution in [2.45, 2.75) is 24.1 Å². The van der Waals surface area contributed by atoms with E-state index in [0.29, 0.717) is 4.75 Å². The maximum absolute atomic E-state index is 3.62. The fourth-order valence-corrected chi connectivity index (χ4v) is 3.91. The number of nitrogens with one attached hydrogen (secondary N) is 1. The van der Waals surface area contributed by atoms with Crippen LogP contribution in [-0.2, 0) is 6.54 Å². The molecule has 2 aromatic rings. The first-order chi connectivity index (χ1) is 8.33. The molecule has 1 nitrogen and oxygen atoms in total. The van der Waals surface area contributed by atoms with E-state index in [0.717, 1.165) is 13.1 Å². The Balaban J connectivity index is 1.65. The molecule has 1 saturated carbocycles. The summed E-state index contributed by atoms with van der Waals surface area (Å²) in [5.74, 6) is 0. The van der Waals surface area contributed by atoms with Gasteiger partial charge in [0.2, 0.25) is 0 Å². The van der Waals surface area contributed by atoms with Crippen molar-refractivity contribution >= 4 is 33.2 Å². The highest BCUT2D eigenvalue weighted by Crippen LogP contribution is 2.46. The van der Waals surface area contributed by atoms with Crippen molar-refractivity contribution in [3.05, 3.63) is 35.2 Å². The van der Waals surface area contributed by atoms with Crippen LogP contribution in [-0.4, -0.2) is 17.5 Å². The second kappa shape index (κ2) is 4.63. The maximum Gasteiger partial charge on any atom is 0.0346 e. The van der Waals surface area contributed by atoms with Gasteiger partial charge in [0, 0.05) is 22.5 Å². The standard InChI is InChI=1S/C14H17NS2/c1-16-14(6-7-14)10-15-8-11-9-17-13-5-3-2-4-12(11)13/h2-5,9,15H,6-8,10H2,1H3. The number of hydrogen-bond acceptors (Lipinski definition) is 3. The Kier molecular flexibility index (Phi) is 3.16. The van der Waals surface area contributed by atoms with E-state index >= 15 is 0 Å². The lowest BCUT2D eigenvalue weighted by Gasteiger charge is -2.12. The molecule has 1 aliphatic rings. The van der Waals surface area contributed by atoms with Crippen LogP contribution < -0.4 is 5.32 Å². The van der Waals surface area contributed by atoms with E-state index in [1.54, 1.807) is 0 Å². The number of benzene rings is 1. The number of fused-ring (bicyclic) bond motifs is 1. The third kappa shape index (κ3) is 2.37. The molecule has 1 fully saturated rings. The van der Waals surface area contributed by atoms with E-state index in [4.69, 9.17) is 0 Å². The van der Waals surface area contributed by atoms with Crippen molar-refractivity contribution in [2.75, 3.05) is 12.8 Å². The van der Waals surface area contributed by atoms with Gasteiger partial charge >= 0.3 is 0 Å². The van der Waals surface area contributed by atoms with Crippen molar-refractivity contribution in [3.63, 3.8) is 0 Å². The largest absolute Gasteiger partial charge is 0.311 e. The Hall–Kier alpha value is -0.510. The van der Waals surface area contributed by atoms with E-state index in [1.807, 2.05) is 23.1 Å². The molecule has 17 heavy (non-hydrogen) atoms. The predicted molar refractivity (Wildman–Crippen MR) is 79.0 cm³/mol. The summed E-state index contributed by atoms with van der Waals surface area (Å²) >= 11 is 3.87. The molecule has 0 unspecified atom stereocenters. The highest BCUT2D eigenvalue weighted by molar-refractivity contribution is 8.00. The molecular weight excluding hydrogens is 246 g/mol. The molecule has 0 amide bonds. The normalized spacial score (nSPS) is 17.5. The third-order valence-electron chi connectivity index (χ3n) is 3.56. The number of hydrogen-bond donors (Lipinski definition) is 1. The van der Waals surface area contributed by atoms with Crippen LogP contribution in [0.15, 0.2) is 29.6 Å². The SMILES string of the molecule is CSC1(CNCc2csc3ccccc23)CC1. The van der Waals surface area contributed by atoms with Gasteiger partial charge in [0.25, 0.3) is 0 Å². The number of thiophene rings is 1. The lowest BCUT2D eigenvalue weighted by Crippen LogP contribution is -2.25.